The van der Waals surface area contributed by atoms with E-state index in [0.29, 0.717) is 16.3 Å². The van der Waals surface area contributed by atoms with Crippen molar-refractivity contribution in [3.8, 4) is 11.5 Å². The number of sulfonamides is 1. The number of carbonyl (C=O) groups excluding carboxylic acids is 2. The first kappa shape index (κ1) is 34.1. The lowest BCUT2D eigenvalue weighted by Gasteiger charge is -2.34. The number of amides is 2. The number of nitrogens with one attached hydrogen (secondary N) is 1. The molecule has 1 N–H and O–H groups in total. The molecule has 4 rings (SSSR count). The average molecular weight is 660 g/mol. The number of methoxy groups -OCH3 is 2. The molecule has 0 radical (unpaired) electrons. The van der Waals surface area contributed by atoms with E-state index >= 15 is 0 Å². The van der Waals surface area contributed by atoms with Crippen molar-refractivity contribution in [1.29, 1.82) is 0 Å². The largest absolute Gasteiger partial charge is 0.493 e. The molecular weight excluding hydrogens is 621 g/mol. The summed E-state index contributed by atoms with van der Waals surface area (Å²) in [6.07, 6.45) is 5.17. The molecule has 12 heteroatoms. The van der Waals surface area contributed by atoms with Gasteiger partial charge in [-0.3, -0.25) is 13.9 Å². The third kappa shape index (κ3) is 8.46. The van der Waals surface area contributed by atoms with Crippen LogP contribution in [0.4, 0.5) is 10.1 Å². The quantitative estimate of drug-likeness (QED) is 0.243. The number of benzene rings is 3. The Bertz CT molecular complexity index is 1560. The highest BCUT2D eigenvalue weighted by Crippen LogP contribution is 2.33. The molecule has 0 bridgehead atoms. The van der Waals surface area contributed by atoms with Gasteiger partial charge in [-0.2, -0.15) is 0 Å². The van der Waals surface area contributed by atoms with Gasteiger partial charge >= 0.3 is 0 Å². The van der Waals surface area contributed by atoms with Crippen LogP contribution in [0.5, 0.6) is 11.5 Å². The molecule has 3 aromatic carbocycles. The highest BCUT2D eigenvalue weighted by atomic mass is 35.5. The minimum Gasteiger partial charge on any atom is -0.493 e. The van der Waals surface area contributed by atoms with Crippen molar-refractivity contribution < 1.29 is 31.9 Å². The van der Waals surface area contributed by atoms with Crippen LogP contribution in [0.2, 0.25) is 5.02 Å². The van der Waals surface area contributed by atoms with Gasteiger partial charge in [-0.25, -0.2) is 12.8 Å². The minimum absolute atomic E-state index is 0.0130. The number of nitrogens with zero attached hydrogens (tertiary/aromatic N) is 2. The van der Waals surface area contributed by atoms with Gasteiger partial charge in [-0.15, -0.1) is 0 Å². The number of hydrogen-bond donors (Lipinski definition) is 1. The van der Waals surface area contributed by atoms with E-state index in [0.717, 1.165) is 36.4 Å². The Morgan fingerprint density at radius 2 is 1.60 bits per heavy atom. The van der Waals surface area contributed by atoms with Crippen LogP contribution in [-0.4, -0.2) is 58.0 Å². The first-order chi connectivity index (χ1) is 21.6. The third-order valence-corrected chi connectivity index (χ3v) is 9.96. The monoisotopic (exact) mass is 659 g/mol. The van der Waals surface area contributed by atoms with Crippen molar-refractivity contribution >= 4 is 39.1 Å². The molecule has 1 aliphatic rings. The first-order valence-corrected chi connectivity index (χ1v) is 16.7. The maximum absolute atomic E-state index is 14.3. The van der Waals surface area contributed by atoms with E-state index in [9.17, 15) is 22.4 Å². The van der Waals surface area contributed by atoms with E-state index in [1.807, 2.05) is 0 Å². The zero-order valence-electron chi connectivity index (χ0n) is 25.7. The normalized spacial score (nSPS) is 14.3. The summed E-state index contributed by atoms with van der Waals surface area (Å²) in [6, 6.07) is 15.0. The second-order valence-electron chi connectivity index (χ2n) is 10.9. The topological polar surface area (TPSA) is 105 Å². The molecule has 3 aromatic rings. The van der Waals surface area contributed by atoms with E-state index in [1.54, 1.807) is 19.1 Å². The van der Waals surface area contributed by atoms with Crippen molar-refractivity contribution in [2.45, 2.75) is 69.0 Å². The van der Waals surface area contributed by atoms with Gasteiger partial charge in [0.2, 0.25) is 11.8 Å². The Labute approximate surface area is 269 Å². The summed E-state index contributed by atoms with van der Waals surface area (Å²) in [7, 11) is -1.52. The lowest BCUT2D eigenvalue weighted by Crippen LogP contribution is -2.54. The van der Waals surface area contributed by atoms with Crippen molar-refractivity contribution in [2.75, 3.05) is 25.1 Å². The van der Waals surface area contributed by atoms with E-state index in [-0.39, 0.29) is 41.2 Å². The summed E-state index contributed by atoms with van der Waals surface area (Å²) in [5.41, 5.74) is 0.790. The SMILES string of the molecule is CC[C@@H](C(=O)NC1CCCCC1)N(Cc1ccc(F)cc1)C(=O)CN(c1ccc(Cl)cc1)S(=O)(=O)c1ccc(OC)c(OC)c1. The Balaban J connectivity index is 1.73. The van der Waals surface area contributed by atoms with Crippen molar-refractivity contribution in [1.82, 2.24) is 10.2 Å². The van der Waals surface area contributed by atoms with Gasteiger partial charge in [-0.1, -0.05) is 49.9 Å². The lowest BCUT2D eigenvalue weighted by atomic mass is 9.95. The minimum atomic E-state index is -4.35. The lowest BCUT2D eigenvalue weighted by molar-refractivity contribution is -0.140. The fourth-order valence-electron chi connectivity index (χ4n) is 5.49. The molecule has 0 saturated heterocycles. The Morgan fingerprint density at radius 1 is 0.956 bits per heavy atom. The second-order valence-corrected chi connectivity index (χ2v) is 13.2. The predicted octanol–water partition coefficient (Wildman–Crippen LogP) is 5.95. The highest BCUT2D eigenvalue weighted by Gasteiger charge is 2.35. The van der Waals surface area contributed by atoms with Crippen LogP contribution in [-0.2, 0) is 26.2 Å². The number of carbonyl (C=O) groups is 2. The Morgan fingerprint density at radius 3 is 2.20 bits per heavy atom. The standard InChI is InChI=1S/C33H39ClFN3O6S/c1-4-29(33(40)36-26-8-6-5-7-9-26)37(21-23-10-14-25(35)15-11-23)32(39)22-38(27-16-12-24(34)13-17-27)45(41,42)28-18-19-30(43-2)31(20-28)44-3/h10-20,26,29H,4-9,21-22H2,1-3H3,(H,36,40)/t29-/m0/s1. The van der Waals surface area contributed by atoms with Gasteiger partial charge in [-0.05, 0) is 73.4 Å². The average Bonchev–Trinajstić information content (AvgIpc) is 3.04. The fourth-order valence-corrected chi connectivity index (χ4v) is 7.05. The summed E-state index contributed by atoms with van der Waals surface area (Å²) < 4.78 is 53.7. The molecule has 1 saturated carbocycles. The van der Waals surface area contributed by atoms with Gasteiger partial charge < -0.3 is 19.7 Å². The maximum atomic E-state index is 14.3. The molecule has 9 nitrogen and oxygen atoms in total. The summed E-state index contributed by atoms with van der Waals surface area (Å²) >= 11 is 6.11. The number of anilines is 1. The van der Waals surface area contributed by atoms with E-state index in [2.05, 4.69) is 5.32 Å². The van der Waals surface area contributed by atoms with Crippen LogP contribution in [0.15, 0.2) is 71.6 Å². The zero-order valence-corrected chi connectivity index (χ0v) is 27.2. The Hall–Kier alpha value is -3.83. The Kier molecular flexibility index (Phi) is 11.7. The van der Waals surface area contributed by atoms with Crippen LogP contribution in [0, 0.1) is 5.82 Å². The van der Waals surface area contributed by atoms with Gasteiger partial charge in [0.1, 0.15) is 18.4 Å². The number of ether oxygens (including phenoxy) is 2. The number of hydrogen-bond acceptors (Lipinski definition) is 6. The molecule has 0 aromatic heterocycles. The van der Waals surface area contributed by atoms with Gasteiger partial charge in [0, 0.05) is 23.7 Å². The van der Waals surface area contributed by atoms with Gasteiger partial charge in [0.25, 0.3) is 10.0 Å². The summed E-state index contributed by atoms with van der Waals surface area (Å²) in [4.78, 5) is 29.1. The zero-order chi connectivity index (χ0) is 32.6. The third-order valence-electron chi connectivity index (χ3n) is 7.94. The van der Waals surface area contributed by atoms with Crippen LogP contribution < -0.4 is 19.1 Å². The van der Waals surface area contributed by atoms with Crippen LogP contribution >= 0.6 is 11.6 Å². The highest BCUT2D eigenvalue weighted by molar-refractivity contribution is 7.92. The smallest absolute Gasteiger partial charge is 0.264 e. The van der Waals surface area contributed by atoms with Gasteiger partial charge in [0.05, 0.1) is 24.8 Å². The van der Waals surface area contributed by atoms with E-state index < -0.39 is 34.3 Å². The second kappa shape index (κ2) is 15.4. The molecular formula is C33H39ClFN3O6S. The van der Waals surface area contributed by atoms with Crippen molar-refractivity contribution in [3.05, 3.63) is 83.1 Å². The molecule has 2 amide bonds. The molecule has 0 unspecified atom stereocenters. The van der Waals surface area contributed by atoms with Crippen LogP contribution in [0.3, 0.4) is 0 Å². The van der Waals surface area contributed by atoms with Crippen LogP contribution in [0.25, 0.3) is 0 Å². The van der Waals surface area contributed by atoms with E-state index in [1.165, 1.54) is 73.7 Å². The predicted molar refractivity (Wildman–Crippen MR) is 172 cm³/mol. The summed E-state index contributed by atoms with van der Waals surface area (Å²) in [5, 5.41) is 3.49. The van der Waals surface area contributed by atoms with Crippen molar-refractivity contribution in [2.24, 2.45) is 0 Å². The van der Waals surface area contributed by atoms with Crippen molar-refractivity contribution in [3.63, 3.8) is 0 Å². The number of halogens is 2. The molecule has 1 atom stereocenters. The molecule has 0 aliphatic heterocycles. The molecule has 1 fully saturated rings. The molecule has 0 spiro atoms. The molecule has 45 heavy (non-hydrogen) atoms. The summed E-state index contributed by atoms with van der Waals surface area (Å²) in [5.74, 6) is -0.812. The molecule has 1 aliphatic carbocycles. The first-order valence-electron chi connectivity index (χ1n) is 14.9. The summed E-state index contributed by atoms with van der Waals surface area (Å²) in [6.45, 7) is 1.15. The van der Waals surface area contributed by atoms with Crippen LogP contribution in [0.1, 0.15) is 51.0 Å². The fraction of sp³-hybridized carbons (Fsp3) is 0.394. The number of rotatable bonds is 13. The van der Waals surface area contributed by atoms with Gasteiger partial charge in [0.15, 0.2) is 11.5 Å². The molecule has 0 heterocycles. The molecule has 242 valence electrons. The van der Waals surface area contributed by atoms with E-state index in [4.69, 9.17) is 21.1 Å². The maximum Gasteiger partial charge on any atom is 0.264 e.